The Hall–Kier alpha value is -5.27. The minimum Gasteiger partial charge on any atom is -0.256 e. The van der Waals surface area contributed by atoms with E-state index >= 15 is 0 Å². The highest BCUT2D eigenvalue weighted by Crippen LogP contribution is 2.45. The van der Waals surface area contributed by atoms with Gasteiger partial charge in [0.25, 0.3) is 0 Å². The Morgan fingerprint density at radius 1 is 0.350 bits per heavy atom. The Morgan fingerprint density at radius 3 is 1.57 bits per heavy atom. The molecule has 40 heavy (non-hydrogen) atoms. The number of nitrogens with zero attached hydrogens (tertiary/aromatic N) is 1. The number of benzene rings is 7. The number of aromatic nitrogens is 1. The van der Waals surface area contributed by atoms with Gasteiger partial charge in [0.2, 0.25) is 0 Å². The summed E-state index contributed by atoms with van der Waals surface area (Å²) in [6.45, 7) is 0. The monoisotopic (exact) mass is 507 g/mol. The Kier molecular flexibility index (Phi) is 5.21. The Bertz CT molecular complexity index is 2150. The summed E-state index contributed by atoms with van der Waals surface area (Å²) in [5.74, 6) is 0. The van der Waals surface area contributed by atoms with E-state index in [0.29, 0.717) is 0 Å². The summed E-state index contributed by atoms with van der Waals surface area (Å²) in [4.78, 5) is 4.54. The van der Waals surface area contributed by atoms with Gasteiger partial charge in [-0.1, -0.05) is 121 Å². The molecule has 0 saturated heterocycles. The van der Waals surface area contributed by atoms with Gasteiger partial charge in [-0.15, -0.1) is 0 Å². The van der Waals surface area contributed by atoms with Crippen LogP contribution in [0.4, 0.5) is 0 Å². The predicted molar refractivity (Wildman–Crippen MR) is 171 cm³/mol. The molecule has 186 valence electrons. The van der Waals surface area contributed by atoms with Crippen LogP contribution in [0.25, 0.3) is 76.6 Å². The average Bonchev–Trinajstić information content (AvgIpc) is 3.03. The number of hydrogen-bond donors (Lipinski definition) is 0. The molecule has 0 atom stereocenters. The van der Waals surface area contributed by atoms with Crippen LogP contribution in [-0.2, 0) is 0 Å². The van der Waals surface area contributed by atoms with Crippen molar-refractivity contribution in [1.82, 2.24) is 4.98 Å². The van der Waals surface area contributed by atoms with Gasteiger partial charge in [0.05, 0.1) is 5.69 Å². The van der Waals surface area contributed by atoms with E-state index in [1.807, 2.05) is 18.3 Å². The molecular weight excluding hydrogens is 482 g/mol. The fourth-order valence-corrected chi connectivity index (χ4v) is 6.27. The van der Waals surface area contributed by atoms with Gasteiger partial charge >= 0.3 is 0 Å². The molecule has 7 aromatic carbocycles. The van der Waals surface area contributed by atoms with Crippen molar-refractivity contribution in [2.45, 2.75) is 0 Å². The Labute approximate surface area is 233 Å². The first-order valence-electron chi connectivity index (χ1n) is 13.7. The van der Waals surface area contributed by atoms with E-state index in [1.165, 1.54) is 65.3 Å². The zero-order chi connectivity index (χ0) is 26.5. The predicted octanol–water partition coefficient (Wildman–Crippen LogP) is 10.7. The third-order valence-corrected chi connectivity index (χ3v) is 8.08. The number of pyridine rings is 1. The van der Waals surface area contributed by atoms with E-state index in [9.17, 15) is 0 Å². The second-order valence-corrected chi connectivity index (χ2v) is 10.4. The van der Waals surface area contributed by atoms with E-state index in [0.717, 1.165) is 11.3 Å². The van der Waals surface area contributed by atoms with Crippen molar-refractivity contribution < 1.29 is 0 Å². The summed E-state index contributed by atoms with van der Waals surface area (Å²) in [5, 5.41) is 10.1. The fraction of sp³-hybridized carbons (Fsp3) is 0. The van der Waals surface area contributed by atoms with Crippen LogP contribution in [0.1, 0.15) is 0 Å². The molecule has 1 nitrogen and oxygen atoms in total. The van der Waals surface area contributed by atoms with Gasteiger partial charge in [0.1, 0.15) is 0 Å². The minimum absolute atomic E-state index is 0.995. The van der Waals surface area contributed by atoms with Crippen LogP contribution in [0.15, 0.2) is 152 Å². The second-order valence-electron chi connectivity index (χ2n) is 10.4. The molecule has 0 aliphatic rings. The largest absolute Gasteiger partial charge is 0.256 e. The van der Waals surface area contributed by atoms with Crippen LogP contribution < -0.4 is 0 Å². The molecule has 0 bridgehead atoms. The Balaban J connectivity index is 1.40. The summed E-state index contributed by atoms with van der Waals surface area (Å²) < 4.78 is 0. The van der Waals surface area contributed by atoms with Gasteiger partial charge in [-0.05, 0) is 89.6 Å². The van der Waals surface area contributed by atoms with E-state index in [-0.39, 0.29) is 0 Å². The van der Waals surface area contributed by atoms with Crippen LogP contribution in [-0.4, -0.2) is 4.98 Å². The molecule has 1 heterocycles. The normalized spacial score (nSPS) is 11.5. The molecule has 0 amide bonds. The second kappa shape index (κ2) is 9.18. The maximum atomic E-state index is 4.54. The van der Waals surface area contributed by atoms with E-state index in [4.69, 9.17) is 0 Å². The molecule has 0 N–H and O–H groups in total. The number of hydrogen-bond acceptors (Lipinski definition) is 1. The van der Waals surface area contributed by atoms with Crippen molar-refractivity contribution in [2.24, 2.45) is 0 Å². The van der Waals surface area contributed by atoms with Crippen molar-refractivity contribution >= 4 is 43.1 Å². The van der Waals surface area contributed by atoms with Crippen molar-refractivity contribution in [3.8, 4) is 33.5 Å². The van der Waals surface area contributed by atoms with E-state index in [2.05, 4.69) is 138 Å². The zero-order valence-corrected chi connectivity index (χ0v) is 21.9. The van der Waals surface area contributed by atoms with Crippen LogP contribution >= 0.6 is 0 Å². The standard InChI is InChI=1S/C39H25N/c1-2-12-31-26(10-1)11-9-17-32(31)39-35-15-5-3-13-33(35)38(34-14-4-6-16-36(34)39)30-22-20-27-24-29(21-19-28(27)25-30)37-18-7-8-23-40-37/h1-25H. The van der Waals surface area contributed by atoms with Gasteiger partial charge in [0, 0.05) is 11.8 Å². The first kappa shape index (κ1) is 22.7. The summed E-state index contributed by atoms with van der Waals surface area (Å²) in [7, 11) is 0. The van der Waals surface area contributed by atoms with Crippen molar-refractivity contribution in [3.63, 3.8) is 0 Å². The van der Waals surface area contributed by atoms with Gasteiger partial charge in [0.15, 0.2) is 0 Å². The molecule has 0 aliphatic carbocycles. The van der Waals surface area contributed by atoms with Crippen LogP contribution in [0.2, 0.25) is 0 Å². The lowest BCUT2D eigenvalue weighted by atomic mass is 9.84. The Morgan fingerprint density at radius 2 is 0.900 bits per heavy atom. The summed E-state index contributed by atoms with van der Waals surface area (Å²) >= 11 is 0. The highest BCUT2D eigenvalue weighted by Gasteiger charge is 2.18. The maximum absolute atomic E-state index is 4.54. The maximum Gasteiger partial charge on any atom is 0.0702 e. The molecular formula is C39H25N. The summed E-state index contributed by atoms with van der Waals surface area (Å²) in [6, 6.07) is 52.6. The molecule has 0 radical (unpaired) electrons. The topological polar surface area (TPSA) is 12.9 Å². The van der Waals surface area contributed by atoms with Crippen molar-refractivity contribution in [3.05, 3.63) is 152 Å². The average molecular weight is 508 g/mol. The summed E-state index contributed by atoms with van der Waals surface area (Å²) in [5.41, 5.74) is 7.22. The smallest absolute Gasteiger partial charge is 0.0702 e. The quantitative estimate of drug-likeness (QED) is 0.217. The van der Waals surface area contributed by atoms with Gasteiger partial charge in [-0.3, -0.25) is 4.98 Å². The molecule has 0 saturated carbocycles. The van der Waals surface area contributed by atoms with E-state index < -0.39 is 0 Å². The molecule has 0 spiro atoms. The highest BCUT2D eigenvalue weighted by molar-refractivity contribution is 6.23. The van der Waals surface area contributed by atoms with Crippen LogP contribution in [0, 0.1) is 0 Å². The molecule has 8 aromatic rings. The molecule has 0 aliphatic heterocycles. The van der Waals surface area contributed by atoms with Gasteiger partial charge < -0.3 is 0 Å². The summed E-state index contributed by atoms with van der Waals surface area (Å²) in [6.07, 6.45) is 1.85. The van der Waals surface area contributed by atoms with Crippen molar-refractivity contribution in [2.75, 3.05) is 0 Å². The SMILES string of the molecule is c1ccc(-c2ccc3cc(-c4c5ccccc5c(-c5cccc6ccccc56)c5ccccc45)ccc3c2)nc1. The first-order valence-corrected chi connectivity index (χ1v) is 13.7. The van der Waals surface area contributed by atoms with Crippen LogP contribution in [0.5, 0.6) is 0 Å². The highest BCUT2D eigenvalue weighted by atomic mass is 14.7. The molecule has 1 aromatic heterocycles. The number of rotatable bonds is 3. The first-order chi connectivity index (χ1) is 19.8. The minimum atomic E-state index is 0.995. The molecule has 8 rings (SSSR count). The van der Waals surface area contributed by atoms with E-state index in [1.54, 1.807) is 0 Å². The number of fused-ring (bicyclic) bond motifs is 4. The molecule has 1 heteroatoms. The van der Waals surface area contributed by atoms with Gasteiger partial charge in [-0.25, -0.2) is 0 Å². The lowest BCUT2D eigenvalue weighted by Gasteiger charge is -2.19. The fourth-order valence-electron chi connectivity index (χ4n) is 6.27. The third-order valence-electron chi connectivity index (χ3n) is 8.08. The molecule has 0 unspecified atom stereocenters. The van der Waals surface area contributed by atoms with Crippen molar-refractivity contribution in [1.29, 1.82) is 0 Å². The van der Waals surface area contributed by atoms with Gasteiger partial charge in [-0.2, -0.15) is 0 Å². The van der Waals surface area contributed by atoms with Crippen LogP contribution in [0.3, 0.4) is 0 Å². The third kappa shape index (κ3) is 3.60. The molecule has 0 fully saturated rings. The zero-order valence-electron chi connectivity index (χ0n) is 21.9. The lowest BCUT2D eigenvalue weighted by molar-refractivity contribution is 1.33. The lowest BCUT2D eigenvalue weighted by Crippen LogP contribution is -1.91.